The van der Waals surface area contributed by atoms with Crippen molar-refractivity contribution < 1.29 is 17.9 Å². The molecule has 0 fully saturated rings. The van der Waals surface area contributed by atoms with Crippen LogP contribution in [0, 0.1) is 13.8 Å². The molecular formula is C24H26N2O4S. The summed E-state index contributed by atoms with van der Waals surface area (Å²) in [5.74, 6) is 0.426. The Hall–Kier alpha value is -3.32. The predicted octanol–water partition coefficient (Wildman–Crippen LogP) is 5.15. The minimum absolute atomic E-state index is 0.115. The molecule has 7 heteroatoms. The lowest BCUT2D eigenvalue weighted by molar-refractivity contribution is 0.102. The average Bonchev–Trinajstić information content (AvgIpc) is 2.75. The maximum Gasteiger partial charge on any atom is 0.261 e. The van der Waals surface area contributed by atoms with Crippen LogP contribution in [0.3, 0.4) is 0 Å². The van der Waals surface area contributed by atoms with Crippen molar-refractivity contribution in [1.82, 2.24) is 0 Å². The average molecular weight is 439 g/mol. The standard InChI is InChI=1S/C24H26N2O4S/c1-4-15-30-21-11-7-19(8-12-21)24(27)25-20-9-13-22(14-10-20)31(28,29)26-23-16-17(2)5-6-18(23)3/h5-14,16,26H,4,15H2,1-3H3,(H,25,27). The summed E-state index contributed by atoms with van der Waals surface area (Å²) in [6.07, 6.45) is 0.911. The van der Waals surface area contributed by atoms with E-state index in [1.807, 2.05) is 32.9 Å². The van der Waals surface area contributed by atoms with E-state index < -0.39 is 10.0 Å². The Morgan fingerprint density at radius 2 is 1.61 bits per heavy atom. The number of carbonyl (C=O) groups is 1. The number of aryl methyl sites for hydroxylation is 2. The van der Waals surface area contributed by atoms with Crippen LogP contribution in [-0.2, 0) is 10.0 Å². The lowest BCUT2D eigenvalue weighted by Gasteiger charge is -2.12. The summed E-state index contributed by atoms with van der Waals surface area (Å²) < 4.78 is 33.6. The molecule has 0 saturated heterocycles. The largest absolute Gasteiger partial charge is 0.494 e. The van der Waals surface area contributed by atoms with Crippen LogP contribution >= 0.6 is 0 Å². The van der Waals surface area contributed by atoms with E-state index in [0.29, 0.717) is 29.3 Å². The zero-order valence-electron chi connectivity index (χ0n) is 17.8. The van der Waals surface area contributed by atoms with Crippen molar-refractivity contribution >= 4 is 27.3 Å². The second-order valence-electron chi connectivity index (χ2n) is 7.28. The second kappa shape index (κ2) is 9.66. The monoisotopic (exact) mass is 438 g/mol. The molecule has 0 heterocycles. The molecule has 31 heavy (non-hydrogen) atoms. The van der Waals surface area contributed by atoms with E-state index in [2.05, 4.69) is 10.0 Å². The number of ether oxygens (including phenoxy) is 1. The van der Waals surface area contributed by atoms with Crippen LogP contribution in [0.25, 0.3) is 0 Å². The molecular weight excluding hydrogens is 412 g/mol. The molecule has 0 saturated carbocycles. The molecule has 162 valence electrons. The van der Waals surface area contributed by atoms with Crippen LogP contribution in [-0.4, -0.2) is 20.9 Å². The third-order valence-corrected chi connectivity index (χ3v) is 6.03. The van der Waals surface area contributed by atoms with Gasteiger partial charge in [-0.3, -0.25) is 9.52 Å². The van der Waals surface area contributed by atoms with Crippen molar-refractivity contribution in [3.05, 3.63) is 83.4 Å². The van der Waals surface area contributed by atoms with Gasteiger partial charge in [0.25, 0.3) is 15.9 Å². The van der Waals surface area contributed by atoms with E-state index in [-0.39, 0.29) is 10.8 Å². The molecule has 0 atom stereocenters. The zero-order valence-corrected chi connectivity index (χ0v) is 18.6. The molecule has 0 aliphatic rings. The summed E-state index contributed by atoms with van der Waals surface area (Å²) >= 11 is 0. The van der Waals surface area contributed by atoms with Gasteiger partial charge >= 0.3 is 0 Å². The van der Waals surface area contributed by atoms with E-state index in [1.165, 1.54) is 12.1 Å². The summed E-state index contributed by atoms with van der Waals surface area (Å²) in [4.78, 5) is 12.6. The first kappa shape index (κ1) is 22.4. The fraction of sp³-hybridized carbons (Fsp3) is 0.208. The molecule has 1 amide bonds. The first-order valence-corrected chi connectivity index (χ1v) is 11.5. The van der Waals surface area contributed by atoms with Gasteiger partial charge in [-0.25, -0.2) is 8.42 Å². The Bertz CT molecular complexity index is 1160. The van der Waals surface area contributed by atoms with E-state index in [1.54, 1.807) is 42.5 Å². The molecule has 0 aliphatic heterocycles. The molecule has 6 nitrogen and oxygen atoms in total. The third kappa shape index (κ3) is 5.86. The molecule has 3 aromatic carbocycles. The first-order valence-electron chi connectivity index (χ1n) is 10.0. The van der Waals surface area contributed by atoms with Crippen LogP contribution in [0.4, 0.5) is 11.4 Å². The number of sulfonamides is 1. The summed E-state index contributed by atoms with van der Waals surface area (Å²) in [5, 5.41) is 2.77. The zero-order chi connectivity index (χ0) is 22.4. The van der Waals surface area contributed by atoms with E-state index >= 15 is 0 Å². The lowest BCUT2D eigenvalue weighted by atomic mass is 10.1. The number of rotatable bonds is 8. The third-order valence-electron chi connectivity index (χ3n) is 4.65. The number of benzene rings is 3. The van der Waals surface area contributed by atoms with Crippen molar-refractivity contribution in [3.8, 4) is 5.75 Å². The summed E-state index contributed by atoms with van der Waals surface area (Å²) in [6, 6.07) is 18.5. The highest BCUT2D eigenvalue weighted by molar-refractivity contribution is 7.92. The lowest BCUT2D eigenvalue weighted by Crippen LogP contribution is -2.15. The molecule has 0 aliphatic carbocycles. The Balaban J connectivity index is 1.68. The van der Waals surface area contributed by atoms with Crippen molar-refractivity contribution in [3.63, 3.8) is 0 Å². The van der Waals surface area contributed by atoms with E-state index in [9.17, 15) is 13.2 Å². The smallest absolute Gasteiger partial charge is 0.261 e. The van der Waals surface area contributed by atoms with Crippen LogP contribution in [0.1, 0.15) is 34.8 Å². The number of anilines is 2. The molecule has 0 bridgehead atoms. The van der Waals surface area contributed by atoms with Gasteiger partial charge in [0.05, 0.1) is 17.2 Å². The molecule has 0 aromatic heterocycles. The highest BCUT2D eigenvalue weighted by atomic mass is 32.2. The van der Waals surface area contributed by atoms with Crippen LogP contribution in [0.15, 0.2) is 71.6 Å². The number of carbonyl (C=O) groups excluding carboxylic acids is 1. The number of hydrogen-bond acceptors (Lipinski definition) is 4. The van der Waals surface area contributed by atoms with Gasteiger partial charge in [0.2, 0.25) is 0 Å². The number of nitrogens with one attached hydrogen (secondary N) is 2. The molecule has 0 unspecified atom stereocenters. The second-order valence-corrected chi connectivity index (χ2v) is 8.96. The molecule has 0 spiro atoms. The van der Waals surface area contributed by atoms with E-state index in [0.717, 1.165) is 17.5 Å². The summed E-state index contributed by atoms with van der Waals surface area (Å²) in [6.45, 7) is 6.40. The molecule has 3 aromatic rings. The quantitative estimate of drug-likeness (QED) is 0.510. The fourth-order valence-corrected chi connectivity index (χ4v) is 4.01. The Kier molecular flexibility index (Phi) is 6.97. The predicted molar refractivity (Wildman–Crippen MR) is 123 cm³/mol. The van der Waals surface area contributed by atoms with Crippen molar-refractivity contribution in [1.29, 1.82) is 0 Å². The van der Waals surface area contributed by atoms with Crippen molar-refractivity contribution in [2.75, 3.05) is 16.6 Å². The van der Waals surface area contributed by atoms with Crippen molar-refractivity contribution in [2.45, 2.75) is 32.1 Å². The molecule has 3 rings (SSSR count). The minimum atomic E-state index is -3.74. The minimum Gasteiger partial charge on any atom is -0.494 e. The number of amides is 1. The Labute approximate surface area is 183 Å². The van der Waals surface area contributed by atoms with Crippen LogP contribution < -0.4 is 14.8 Å². The van der Waals surface area contributed by atoms with Gasteiger partial charge in [-0.05, 0) is 86.0 Å². The summed E-state index contributed by atoms with van der Waals surface area (Å²) in [7, 11) is -3.74. The molecule has 0 radical (unpaired) electrons. The SMILES string of the molecule is CCCOc1ccc(C(=O)Nc2ccc(S(=O)(=O)Nc3cc(C)ccc3C)cc2)cc1. The van der Waals surface area contributed by atoms with Gasteiger partial charge in [0.1, 0.15) is 5.75 Å². The van der Waals surface area contributed by atoms with Gasteiger partial charge in [-0.2, -0.15) is 0 Å². The van der Waals surface area contributed by atoms with Gasteiger partial charge in [0, 0.05) is 11.3 Å². The Morgan fingerprint density at radius 1 is 0.935 bits per heavy atom. The van der Waals surface area contributed by atoms with E-state index in [4.69, 9.17) is 4.74 Å². The highest BCUT2D eigenvalue weighted by Gasteiger charge is 2.16. The Morgan fingerprint density at radius 3 is 2.26 bits per heavy atom. The fourth-order valence-electron chi connectivity index (χ4n) is 2.89. The topological polar surface area (TPSA) is 84.5 Å². The van der Waals surface area contributed by atoms with Gasteiger partial charge in [-0.1, -0.05) is 19.1 Å². The highest BCUT2D eigenvalue weighted by Crippen LogP contribution is 2.22. The van der Waals surface area contributed by atoms with Gasteiger partial charge in [-0.15, -0.1) is 0 Å². The number of hydrogen-bond donors (Lipinski definition) is 2. The van der Waals surface area contributed by atoms with Gasteiger partial charge < -0.3 is 10.1 Å². The maximum atomic E-state index is 12.7. The van der Waals surface area contributed by atoms with Crippen molar-refractivity contribution in [2.24, 2.45) is 0 Å². The summed E-state index contributed by atoms with van der Waals surface area (Å²) in [5.41, 5.74) is 3.33. The van der Waals surface area contributed by atoms with Crippen LogP contribution in [0.2, 0.25) is 0 Å². The van der Waals surface area contributed by atoms with Crippen LogP contribution in [0.5, 0.6) is 5.75 Å². The first-order chi connectivity index (χ1) is 14.8. The molecule has 2 N–H and O–H groups in total. The maximum absolute atomic E-state index is 12.7. The van der Waals surface area contributed by atoms with Gasteiger partial charge in [0.15, 0.2) is 0 Å². The normalized spacial score (nSPS) is 11.1.